The molecule has 0 rings (SSSR count). The van der Waals surface area contributed by atoms with Crippen molar-refractivity contribution < 1.29 is 15.0 Å². The van der Waals surface area contributed by atoms with Crippen LogP contribution in [0.15, 0.2) is 97.2 Å². The molecule has 2 unspecified atom stereocenters. The van der Waals surface area contributed by atoms with Gasteiger partial charge in [-0.2, -0.15) is 0 Å². The minimum atomic E-state index is -0.849. The van der Waals surface area contributed by atoms with E-state index >= 15 is 0 Å². The third-order valence-corrected chi connectivity index (χ3v) is 12.8. The second-order valence-corrected chi connectivity index (χ2v) is 19.3. The molecule has 0 aliphatic rings. The zero-order valence-electron chi connectivity index (χ0n) is 44.4. The van der Waals surface area contributed by atoms with Gasteiger partial charge in [0.05, 0.1) is 18.8 Å². The minimum absolute atomic E-state index is 0.0718. The molecule has 3 N–H and O–H groups in total. The summed E-state index contributed by atoms with van der Waals surface area (Å²) in [6, 6.07) is -0.633. The van der Waals surface area contributed by atoms with Crippen LogP contribution in [-0.2, 0) is 4.79 Å². The van der Waals surface area contributed by atoms with Gasteiger partial charge in [0.1, 0.15) is 0 Å². The lowest BCUT2D eigenvalue weighted by molar-refractivity contribution is -0.123. The first-order valence-corrected chi connectivity index (χ1v) is 29.0. The van der Waals surface area contributed by atoms with Crippen molar-refractivity contribution in [2.24, 2.45) is 0 Å². The number of carbonyl (C=O) groups is 1. The van der Waals surface area contributed by atoms with Crippen LogP contribution in [0.2, 0.25) is 0 Å². The minimum Gasteiger partial charge on any atom is -0.394 e. The van der Waals surface area contributed by atoms with Crippen molar-refractivity contribution in [1.29, 1.82) is 0 Å². The third-order valence-electron chi connectivity index (χ3n) is 12.8. The Labute approximate surface area is 417 Å². The van der Waals surface area contributed by atoms with Gasteiger partial charge in [0, 0.05) is 6.42 Å². The molecule has 0 heterocycles. The Balaban J connectivity index is 3.57. The smallest absolute Gasteiger partial charge is 0.220 e. The van der Waals surface area contributed by atoms with Crippen molar-refractivity contribution in [2.45, 2.75) is 289 Å². The molecule has 0 aromatic carbocycles. The monoisotopic (exact) mass is 930 g/mol. The summed E-state index contributed by atoms with van der Waals surface area (Å²) in [6.07, 6.45) is 85.6. The lowest BCUT2D eigenvalue weighted by Gasteiger charge is -2.20. The summed E-state index contributed by atoms with van der Waals surface area (Å²) in [5, 5.41) is 23.2. The van der Waals surface area contributed by atoms with E-state index in [0.717, 1.165) is 70.6 Å². The predicted molar refractivity (Wildman–Crippen MR) is 299 cm³/mol. The Bertz CT molecular complexity index is 1240. The number of carbonyl (C=O) groups excluding carboxylic acids is 1. The Morgan fingerprint density at radius 3 is 0.985 bits per heavy atom. The number of rotatable bonds is 52. The van der Waals surface area contributed by atoms with Gasteiger partial charge in [0.15, 0.2) is 0 Å². The average Bonchev–Trinajstić information content (AvgIpc) is 3.33. The van der Waals surface area contributed by atoms with Crippen LogP contribution in [0.1, 0.15) is 277 Å². The zero-order valence-corrected chi connectivity index (χ0v) is 44.4. The molecule has 0 spiro atoms. The van der Waals surface area contributed by atoms with Crippen LogP contribution in [0.3, 0.4) is 0 Å². The van der Waals surface area contributed by atoms with Gasteiger partial charge < -0.3 is 15.5 Å². The van der Waals surface area contributed by atoms with Crippen LogP contribution < -0.4 is 5.32 Å². The van der Waals surface area contributed by atoms with Crippen molar-refractivity contribution in [3.8, 4) is 0 Å². The number of hydrogen-bond donors (Lipinski definition) is 3. The number of nitrogens with one attached hydrogen (secondary N) is 1. The van der Waals surface area contributed by atoms with E-state index in [1.54, 1.807) is 6.08 Å². The highest BCUT2D eigenvalue weighted by Gasteiger charge is 2.18. The number of allylic oxidation sites excluding steroid dienone is 15. The summed E-state index contributed by atoms with van der Waals surface area (Å²) in [5.41, 5.74) is 0. The number of hydrogen-bond acceptors (Lipinski definition) is 3. The van der Waals surface area contributed by atoms with Crippen LogP contribution in [-0.4, -0.2) is 34.9 Å². The SMILES string of the molecule is CC/C=C\C/C=C\C/C=C\C/C=C\C/C=C\C/C=C\C/C=C\CCCCCCCCCCCC(=O)NC(CO)C(O)/C=C/CCCCCCCCCCCCCCCCCCCCCCCC. The number of aliphatic hydroxyl groups is 2. The number of aliphatic hydroxyl groups excluding tert-OH is 2. The molecule has 67 heavy (non-hydrogen) atoms. The molecule has 386 valence electrons. The van der Waals surface area contributed by atoms with E-state index in [2.05, 4.69) is 104 Å². The van der Waals surface area contributed by atoms with E-state index in [9.17, 15) is 15.0 Å². The molecule has 0 fully saturated rings. The molecular weight excluding hydrogens is 819 g/mol. The van der Waals surface area contributed by atoms with Crippen LogP contribution >= 0.6 is 0 Å². The summed E-state index contributed by atoms with van der Waals surface area (Å²) in [7, 11) is 0. The van der Waals surface area contributed by atoms with Crippen LogP contribution in [0.4, 0.5) is 0 Å². The lowest BCUT2D eigenvalue weighted by atomic mass is 10.0. The van der Waals surface area contributed by atoms with Crippen molar-refractivity contribution in [1.82, 2.24) is 5.32 Å². The molecule has 4 heteroatoms. The Morgan fingerprint density at radius 1 is 0.373 bits per heavy atom. The molecule has 0 aliphatic heterocycles. The summed E-state index contributed by atoms with van der Waals surface area (Å²) < 4.78 is 0. The Morgan fingerprint density at radius 2 is 0.657 bits per heavy atom. The zero-order chi connectivity index (χ0) is 48.5. The molecule has 0 bridgehead atoms. The van der Waals surface area contributed by atoms with E-state index in [1.807, 2.05) is 6.08 Å². The Kier molecular flexibility index (Phi) is 55.3. The van der Waals surface area contributed by atoms with Gasteiger partial charge in [-0.25, -0.2) is 0 Å². The summed E-state index contributed by atoms with van der Waals surface area (Å²) in [6.45, 7) is 4.21. The number of amides is 1. The van der Waals surface area contributed by atoms with Gasteiger partial charge in [0.25, 0.3) is 0 Å². The fourth-order valence-corrected chi connectivity index (χ4v) is 8.45. The fraction of sp³-hybridized carbons (Fsp3) is 0.730. The molecule has 0 saturated heterocycles. The molecule has 0 radical (unpaired) electrons. The predicted octanol–water partition coefficient (Wildman–Crippen LogP) is 19.3. The van der Waals surface area contributed by atoms with Crippen LogP contribution in [0.25, 0.3) is 0 Å². The summed E-state index contributed by atoms with van der Waals surface area (Å²) >= 11 is 0. The summed E-state index contributed by atoms with van der Waals surface area (Å²) in [5.74, 6) is -0.0718. The largest absolute Gasteiger partial charge is 0.394 e. The van der Waals surface area contributed by atoms with Gasteiger partial charge in [-0.3, -0.25) is 4.79 Å². The van der Waals surface area contributed by atoms with Gasteiger partial charge in [-0.1, -0.05) is 291 Å². The van der Waals surface area contributed by atoms with Crippen molar-refractivity contribution >= 4 is 5.91 Å². The van der Waals surface area contributed by atoms with Crippen molar-refractivity contribution in [2.75, 3.05) is 6.61 Å². The van der Waals surface area contributed by atoms with Crippen molar-refractivity contribution in [3.63, 3.8) is 0 Å². The Hall–Kier alpha value is -2.69. The van der Waals surface area contributed by atoms with Gasteiger partial charge in [-0.15, -0.1) is 0 Å². The molecule has 0 saturated carbocycles. The second kappa shape index (κ2) is 57.6. The topological polar surface area (TPSA) is 69.6 Å². The first-order valence-electron chi connectivity index (χ1n) is 29.0. The molecule has 0 aromatic heterocycles. The van der Waals surface area contributed by atoms with Gasteiger partial charge in [-0.05, 0) is 77.0 Å². The lowest BCUT2D eigenvalue weighted by Crippen LogP contribution is -2.45. The first-order chi connectivity index (χ1) is 33.2. The van der Waals surface area contributed by atoms with Crippen molar-refractivity contribution in [3.05, 3.63) is 97.2 Å². The first kappa shape index (κ1) is 64.3. The quantitative estimate of drug-likeness (QED) is 0.0420. The maximum Gasteiger partial charge on any atom is 0.220 e. The highest BCUT2D eigenvalue weighted by Crippen LogP contribution is 2.16. The molecule has 0 aromatic rings. The maximum absolute atomic E-state index is 12.5. The van der Waals surface area contributed by atoms with Crippen LogP contribution in [0, 0.1) is 0 Å². The fourth-order valence-electron chi connectivity index (χ4n) is 8.45. The average molecular weight is 931 g/mol. The van der Waals surface area contributed by atoms with E-state index in [-0.39, 0.29) is 12.5 Å². The number of unbranched alkanes of at least 4 members (excludes halogenated alkanes) is 31. The molecular formula is C63H111NO3. The van der Waals surface area contributed by atoms with Crippen LogP contribution in [0.5, 0.6) is 0 Å². The molecule has 1 amide bonds. The highest BCUT2D eigenvalue weighted by molar-refractivity contribution is 5.76. The third kappa shape index (κ3) is 54.1. The van der Waals surface area contributed by atoms with Gasteiger partial charge >= 0.3 is 0 Å². The molecule has 0 aliphatic carbocycles. The normalized spacial score (nSPS) is 13.6. The van der Waals surface area contributed by atoms with E-state index in [0.29, 0.717) is 6.42 Å². The second-order valence-electron chi connectivity index (χ2n) is 19.3. The molecule has 4 nitrogen and oxygen atoms in total. The van der Waals surface area contributed by atoms with E-state index in [1.165, 1.54) is 186 Å². The highest BCUT2D eigenvalue weighted by atomic mass is 16.3. The standard InChI is InChI=1S/C63H111NO3/c1-3-5-7-9-11-13-15-17-19-21-23-25-27-29-30-31-32-33-34-35-37-39-41-43-45-47-49-51-53-55-57-59-63(67)64-61(60-65)62(66)58-56-54-52-50-48-46-44-42-40-38-36-28-26-24-22-20-18-16-14-12-10-8-6-4-2/h5,7,11,13,17,19,23,25,29-30,32-33,35,37,56,58,61-62,65-66H,3-4,6,8-10,12,14-16,18,20-22,24,26-28,31,34,36,38-55,57,59-60H2,1-2H3,(H,64,67)/b7-5-,13-11-,19-17-,25-23-,30-29-,33-32-,37-35-,58-56+. The summed E-state index contributed by atoms with van der Waals surface area (Å²) in [4.78, 5) is 12.5. The van der Waals surface area contributed by atoms with Gasteiger partial charge in [0.2, 0.25) is 5.91 Å². The van der Waals surface area contributed by atoms with E-state index < -0.39 is 12.1 Å². The maximum atomic E-state index is 12.5. The molecule has 2 atom stereocenters. The van der Waals surface area contributed by atoms with E-state index in [4.69, 9.17) is 0 Å².